The zero-order chi connectivity index (χ0) is 11.6. The monoisotopic (exact) mass is 240 g/mol. The summed E-state index contributed by atoms with van der Waals surface area (Å²) in [7, 11) is -2.95. The van der Waals surface area contributed by atoms with Gasteiger partial charge in [-0.2, -0.15) is 0 Å². The second-order valence-corrected chi connectivity index (χ2v) is 6.58. The van der Waals surface area contributed by atoms with Crippen molar-refractivity contribution in [2.24, 2.45) is 5.92 Å². The first kappa shape index (κ1) is 11.6. The van der Waals surface area contributed by atoms with Gasteiger partial charge < -0.3 is 5.11 Å². The summed E-state index contributed by atoms with van der Waals surface area (Å²) < 4.78 is 23.5. The molecule has 0 aliphatic heterocycles. The van der Waals surface area contributed by atoms with Crippen molar-refractivity contribution in [3.63, 3.8) is 0 Å². The van der Waals surface area contributed by atoms with Gasteiger partial charge in [0.2, 0.25) is 0 Å². The van der Waals surface area contributed by atoms with Gasteiger partial charge in [0.15, 0.2) is 9.84 Å². The van der Waals surface area contributed by atoms with Gasteiger partial charge in [-0.1, -0.05) is 24.3 Å². The lowest BCUT2D eigenvalue weighted by molar-refractivity contribution is 0.282. The van der Waals surface area contributed by atoms with Crippen LogP contribution in [-0.4, -0.2) is 19.3 Å². The highest BCUT2D eigenvalue weighted by atomic mass is 32.2. The Kier molecular flexibility index (Phi) is 3.30. The molecule has 0 unspecified atom stereocenters. The summed E-state index contributed by atoms with van der Waals surface area (Å²) in [6.45, 7) is -0.00486. The summed E-state index contributed by atoms with van der Waals surface area (Å²) in [6.07, 6.45) is 2.12. The third-order valence-corrected chi connectivity index (χ3v) is 4.53. The van der Waals surface area contributed by atoms with E-state index in [4.69, 9.17) is 5.11 Å². The summed E-state index contributed by atoms with van der Waals surface area (Å²) in [4.78, 5) is 0. The first-order valence-electron chi connectivity index (χ1n) is 5.48. The van der Waals surface area contributed by atoms with E-state index in [2.05, 4.69) is 0 Å². The van der Waals surface area contributed by atoms with E-state index in [1.807, 2.05) is 0 Å². The molecule has 1 aliphatic carbocycles. The van der Waals surface area contributed by atoms with Crippen molar-refractivity contribution in [1.29, 1.82) is 0 Å². The minimum Gasteiger partial charge on any atom is -0.392 e. The van der Waals surface area contributed by atoms with Gasteiger partial charge in [0, 0.05) is 0 Å². The third-order valence-electron chi connectivity index (χ3n) is 2.78. The van der Waals surface area contributed by atoms with Gasteiger partial charge in [-0.15, -0.1) is 0 Å². The van der Waals surface area contributed by atoms with Gasteiger partial charge in [0.05, 0.1) is 18.1 Å². The minimum atomic E-state index is -2.95. The fourth-order valence-corrected chi connectivity index (χ4v) is 3.57. The Bertz CT molecular complexity index is 444. The van der Waals surface area contributed by atoms with E-state index in [-0.39, 0.29) is 12.4 Å². The molecule has 0 amide bonds. The van der Waals surface area contributed by atoms with Crippen molar-refractivity contribution in [1.82, 2.24) is 0 Å². The quantitative estimate of drug-likeness (QED) is 0.848. The number of rotatable bonds is 5. The smallest absolute Gasteiger partial charge is 0.154 e. The van der Waals surface area contributed by atoms with E-state index < -0.39 is 9.84 Å². The number of aliphatic hydroxyl groups excluding tert-OH is 1. The molecule has 0 aromatic heterocycles. The standard InChI is InChI=1S/C12H16O3S/c13-7-10-1-3-11(4-2-10)8-16(14,15)9-12-5-6-12/h1-4,12-13H,5-9H2. The van der Waals surface area contributed by atoms with Gasteiger partial charge in [-0.05, 0) is 29.9 Å². The number of sulfone groups is 1. The summed E-state index contributed by atoms with van der Waals surface area (Å²) in [5.74, 6) is 0.853. The van der Waals surface area contributed by atoms with Crippen LogP contribution in [0, 0.1) is 5.92 Å². The number of benzene rings is 1. The van der Waals surface area contributed by atoms with Crippen LogP contribution >= 0.6 is 0 Å². The first-order valence-corrected chi connectivity index (χ1v) is 7.30. The Labute approximate surface area is 96.0 Å². The maximum Gasteiger partial charge on any atom is 0.154 e. The molecule has 0 heterocycles. The van der Waals surface area contributed by atoms with Crippen LogP contribution in [0.25, 0.3) is 0 Å². The molecule has 1 aliphatic rings. The zero-order valence-electron chi connectivity index (χ0n) is 9.09. The van der Waals surface area contributed by atoms with Crippen molar-refractivity contribution < 1.29 is 13.5 Å². The van der Waals surface area contributed by atoms with Crippen molar-refractivity contribution in [3.8, 4) is 0 Å². The topological polar surface area (TPSA) is 54.4 Å². The summed E-state index contributed by atoms with van der Waals surface area (Å²) in [5.41, 5.74) is 1.61. The van der Waals surface area contributed by atoms with Crippen molar-refractivity contribution in [2.75, 3.05) is 5.75 Å². The molecule has 4 heteroatoms. The van der Waals surface area contributed by atoms with E-state index >= 15 is 0 Å². The maximum absolute atomic E-state index is 11.8. The molecule has 16 heavy (non-hydrogen) atoms. The Morgan fingerprint density at radius 2 is 1.69 bits per heavy atom. The minimum absolute atomic E-state index is 0.00486. The lowest BCUT2D eigenvalue weighted by Crippen LogP contribution is -2.10. The Morgan fingerprint density at radius 1 is 1.12 bits per heavy atom. The molecule has 0 bridgehead atoms. The lowest BCUT2D eigenvalue weighted by Gasteiger charge is -2.04. The highest BCUT2D eigenvalue weighted by Crippen LogP contribution is 2.31. The van der Waals surface area contributed by atoms with Gasteiger partial charge in [-0.25, -0.2) is 8.42 Å². The molecular formula is C12H16O3S. The number of hydrogen-bond acceptors (Lipinski definition) is 3. The fraction of sp³-hybridized carbons (Fsp3) is 0.500. The first-order chi connectivity index (χ1) is 7.59. The molecule has 1 aromatic rings. The molecule has 2 rings (SSSR count). The predicted octanol–water partition coefficient (Wildman–Crippen LogP) is 1.50. The van der Waals surface area contributed by atoms with Crippen LogP contribution < -0.4 is 0 Å². The van der Waals surface area contributed by atoms with Gasteiger partial charge >= 0.3 is 0 Å². The van der Waals surface area contributed by atoms with E-state index in [0.717, 1.165) is 24.0 Å². The van der Waals surface area contributed by atoms with Crippen LogP contribution in [0.15, 0.2) is 24.3 Å². The van der Waals surface area contributed by atoms with Crippen LogP contribution in [0.5, 0.6) is 0 Å². The van der Waals surface area contributed by atoms with E-state index in [1.54, 1.807) is 24.3 Å². The molecule has 0 atom stereocenters. The summed E-state index contributed by atoms with van der Waals surface area (Å²) in [5, 5.41) is 8.87. The molecule has 0 radical (unpaired) electrons. The van der Waals surface area contributed by atoms with Crippen molar-refractivity contribution >= 4 is 9.84 Å². The van der Waals surface area contributed by atoms with Gasteiger partial charge in [0.1, 0.15) is 0 Å². The normalized spacial score (nSPS) is 16.3. The van der Waals surface area contributed by atoms with Gasteiger partial charge in [-0.3, -0.25) is 0 Å². The SMILES string of the molecule is O=S(=O)(Cc1ccc(CO)cc1)CC1CC1. The molecule has 0 spiro atoms. The highest BCUT2D eigenvalue weighted by Gasteiger charge is 2.27. The van der Waals surface area contributed by atoms with Crippen LogP contribution in [0.2, 0.25) is 0 Å². The van der Waals surface area contributed by atoms with E-state index in [1.165, 1.54) is 0 Å². The molecular weight excluding hydrogens is 224 g/mol. The van der Waals surface area contributed by atoms with Crippen molar-refractivity contribution in [2.45, 2.75) is 25.2 Å². The highest BCUT2D eigenvalue weighted by molar-refractivity contribution is 7.90. The van der Waals surface area contributed by atoms with E-state index in [0.29, 0.717) is 11.7 Å². The summed E-state index contributed by atoms with van der Waals surface area (Å²) >= 11 is 0. The maximum atomic E-state index is 11.8. The second-order valence-electron chi connectivity index (χ2n) is 4.47. The molecule has 0 saturated heterocycles. The number of aliphatic hydroxyl groups is 1. The molecule has 88 valence electrons. The zero-order valence-corrected chi connectivity index (χ0v) is 9.91. The molecule has 1 saturated carbocycles. The average Bonchev–Trinajstić information content (AvgIpc) is 3.01. The Hall–Kier alpha value is -0.870. The number of hydrogen-bond donors (Lipinski definition) is 1. The Morgan fingerprint density at radius 3 is 2.19 bits per heavy atom. The van der Waals surface area contributed by atoms with Crippen LogP contribution in [0.4, 0.5) is 0 Å². The predicted molar refractivity (Wildman–Crippen MR) is 62.6 cm³/mol. The molecule has 1 aromatic carbocycles. The summed E-state index contributed by atoms with van der Waals surface area (Å²) in [6, 6.07) is 7.08. The molecule has 1 N–H and O–H groups in total. The average molecular weight is 240 g/mol. The second kappa shape index (κ2) is 4.55. The third kappa shape index (κ3) is 3.32. The molecule has 3 nitrogen and oxygen atoms in total. The van der Waals surface area contributed by atoms with Crippen LogP contribution in [0.1, 0.15) is 24.0 Å². The van der Waals surface area contributed by atoms with Gasteiger partial charge in [0.25, 0.3) is 0 Å². The largest absolute Gasteiger partial charge is 0.392 e. The van der Waals surface area contributed by atoms with Crippen molar-refractivity contribution in [3.05, 3.63) is 35.4 Å². The lowest BCUT2D eigenvalue weighted by atomic mass is 10.2. The van der Waals surface area contributed by atoms with Crippen LogP contribution in [-0.2, 0) is 22.2 Å². The fourth-order valence-electron chi connectivity index (χ4n) is 1.70. The Balaban J connectivity index is 2.01. The molecule has 1 fully saturated rings. The van der Waals surface area contributed by atoms with E-state index in [9.17, 15) is 8.42 Å². The van der Waals surface area contributed by atoms with Crippen LogP contribution in [0.3, 0.4) is 0 Å².